The lowest BCUT2D eigenvalue weighted by atomic mass is 10.2. The first kappa shape index (κ1) is 13.6. The van der Waals surface area contributed by atoms with Crippen LogP contribution in [0.4, 0.5) is 11.4 Å². The molecule has 1 amide bonds. The SMILES string of the molecule is CCOC(=O)C(=O)Nc1ccc([N+](=O)[O-])cc1C. The second-order valence-electron chi connectivity index (χ2n) is 3.43. The standard InChI is InChI=1S/C11H12N2O5/c1-3-18-11(15)10(14)12-9-5-4-8(13(16)17)6-7(9)2/h4-6H,3H2,1-2H3,(H,12,14). The van der Waals surface area contributed by atoms with Gasteiger partial charge in [-0.25, -0.2) is 4.79 Å². The third-order valence-corrected chi connectivity index (χ3v) is 2.13. The van der Waals surface area contributed by atoms with Gasteiger partial charge < -0.3 is 10.1 Å². The Morgan fingerprint density at radius 3 is 2.61 bits per heavy atom. The van der Waals surface area contributed by atoms with Crippen LogP contribution in [0.1, 0.15) is 12.5 Å². The third kappa shape index (κ3) is 3.27. The number of nitrogens with one attached hydrogen (secondary N) is 1. The minimum atomic E-state index is -0.991. The summed E-state index contributed by atoms with van der Waals surface area (Å²) in [7, 11) is 0. The summed E-state index contributed by atoms with van der Waals surface area (Å²) in [6, 6.07) is 3.92. The van der Waals surface area contributed by atoms with Crippen molar-refractivity contribution < 1.29 is 19.2 Å². The molecule has 1 N–H and O–H groups in total. The molecule has 1 aromatic rings. The Labute approximate surface area is 103 Å². The molecule has 0 unspecified atom stereocenters. The number of carbonyl (C=O) groups is 2. The molecule has 96 valence electrons. The van der Waals surface area contributed by atoms with E-state index in [1.807, 2.05) is 0 Å². The molecule has 0 heterocycles. The third-order valence-electron chi connectivity index (χ3n) is 2.13. The molecule has 0 aliphatic rings. The number of non-ortho nitro benzene ring substituents is 1. The van der Waals surface area contributed by atoms with Crippen molar-refractivity contribution in [2.24, 2.45) is 0 Å². The molecule has 0 spiro atoms. The Morgan fingerprint density at radius 1 is 1.44 bits per heavy atom. The zero-order valence-corrected chi connectivity index (χ0v) is 9.93. The maximum atomic E-state index is 11.4. The Bertz CT molecular complexity index is 498. The van der Waals surface area contributed by atoms with Gasteiger partial charge in [-0.15, -0.1) is 0 Å². The number of ether oxygens (including phenoxy) is 1. The minimum absolute atomic E-state index is 0.0818. The molecule has 0 aliphatic carbocycles. The molecule has 0 aromatic heterocycles. The van der Waals surface area contributed by atoms with Crippen LogP contribution in [0.3, 0.4) is 0 Å². The zero-order chi connectivity index (χ0) is 13.7. The number of esters is 1. The Kier molecular flexibility index (Phi) is 4.36. The first-order valence-electron chi connectivity index (χ1n) is 5.18. The van der Waals surface area contributed by atoms with Gasteiger partial charge in [0.1, 0.15) is 0 Å². The highest BCUT2D eigenvalue weighted by Gasteiger charge is 2.16. The van der Waals surface area contributed by atoms with E-state index < -0.39 is 16.8 Å². The highest BCUT2D eigenvalue weighted by atomic mass is 16.6. The smallest absolute Gasteiger partial charge is 0.397 e. The monoisotopic (exact) mass is 252 g/mol. The molecule has 0 aliphatic heterocycles. The van der Waals surface area contributed by atoms with Gasteiger partial charge in [-0.3, -0.25) is 14.9 Å². The first-order chi connectivity index (χ1) is 8.45. The van der Waals surface area contributed by atoms with E-state index in [-0.39, 0.29) is 12.3 Å². The van der Waals surface area contributed by atoms with Crippen LogP contribution < -0.4 is 5.32 Å². The van der Waals surface area contributed by atoms with Crippen molar-refractivity contribution in [3.8, 4) is 0 Å². The number of nitrogens with zero attached hydrogens (tertiary/aromatic N) is 1. The lowest BCUT2D eigenvalue weighted by Gasteiger charge is -2.07. The van der Waals surface area contributed by atoms with E-state index in [0.29, 0.717) is 11.3 Å². The Morgan fingerprint density at radius 2 is 2.11 bits per heavy atom. The summed E-state index contributed by atoms with van der Waals surface area (Å²) in [5, 5.41) is 12.8. The lowest BCUT2D eigenvalue weighted by molar-refractivity contribution is -0.384. The van der Waals surface area contributed by atoms with Crippen molar-refractivity contribution in [1.82, 2.24) is 0 Å². The fourth-order valence-corrected chi connectivity index (χ4v) is 1.27. The predicted molar refractivity (Wildman–Crippen MR) is 63.1 cm³/mol. The summed E-state index contributed by atoms with van der Waals surface area (Å²) in [5.41, 5.74) is 0.738. The Balaban J connectivity index is 2.83. The second-order valence-corrected chi connectivity index (χ2v) is 3.43. The number of amides is 1. The highest BCUT2D eigenvalue weighted by Crippen LogP contribution is 2.21. The summed E-state index contributed by atoms with van der Waals surface area (Å²) in [4.78, 5) is 32.4. The average molecular weight is 252 g/mol. The number of rotatable bonds is 3. The highest BCUT2D eigenvalue weighted by molar-refractivity contribution is 6.37. The molecule has 7 nitrogen and oxygen atoms in total. The van der Waals surface area contributed by atoms with Crippen LogP contribution in [0.25, 0.3) is 0 Å². The van der Waals surface area contributed by atoms with E-state index >= 15 is 0 Å². The number of nitro benzene ring substituents is 1. The molecule has 0 saturated carbocycles. The molecule has 0 bridgehead atoms. The van der Waals surface area contributed by atoms with Crippen molar-refractivity contribution in [2.75, 3.05) is 11.9 Å². The molecule has 0 fully saturated rings. The van der Waals surface area contributed by atoms with Crippen LogP contribution in [-0.2, 0) is 14.3 Å². The normalized spacial score (nSPS) is 9.67. The van der Waals surface area contributed by atoms with Crippen LogP contribution in [0.2, 0.25) is 0 Å². The molecular formula is C11H12N2O5. The second kappa shape index (κ2) is 5.76. The summed E-state index contributed by atoms with van der Waals surface area (Å²) in [6.07, 6.45) is 0. The molecule has 0 atom stereocenters. The predicted octanol–water partition coefficient (Wildman–Crippen LogP) is 1.40. The number of hydrogen-bond donors (Lipinski definition) is 1. The summed E-state index contributed by atoms with van der Waals surface area (Å²) in [5.74, 6) is -1.90. The van der Waals surface area contributed by atoms with Gasteiger partial charge in [0.2, 0.25) is 0 Å². The maximum Gasteiger partial charge on any atom is 0.397 e. The topological polar surface area (TPSA) is 98.5 Å². The molecule has 1 aromatic carbocycles. The molecule has 0 radical (unpaired) electrons. The van der Waals surface area contributed by atoms with Gasteiger partial charge in [0.15, 0.2) is 0 Å². The van der Waals surface area contributed by atoms with Gasteiger partial charge in [0.25, 0.3) is 5.69 Å². The average Bonchev–Trinajstić information content (AvgIpc) is 2.31. The van der Waals surface area contributed by atoms with Crippen LogP contribution in [0.5, 0.6) is 0 Å². The van der Waals surface area contributed by atoms with E-state index in [1.54, 1.807) is 13.8 Å². The van der Waals surface area contributed by atoms with E-state index in [4.69, 9.17) is 0 Å². The quantitative estimate of drug-likeness (QED) is 0.379. The van der Waals surface area contributed by atoms with Gasteiger partial charge >= 0.3 is 11.9 Å². The zero-order valence-electron chi connectivity index (χ0n) is 9.93. The van der Waals surface area contributed by atoms with Crippen molar-refractivity contribution in [3.63, 3.8) is 0 Å². The fraction of sp³-hybridized carbons (Fsp3) is 0.273. The Hall–Kier alpha value is -2.44. The van der Waals surface area contributed by atoms with Gasteiger partial charge in [-0.2, -0.15) is 0 Å². The van der Waals surface area contributed by atoms with Crippen molar-refractivity contribution in [3.05, 3.63) is 33.9 Å². The van der Waals surface area contributed by atoms with Crippen molar-refractivity contribution in [2.45, 2.75) is 13.8 Å². The molecule has 7 heteroatoms. The van der Waals surface area contributed by atoms with Gasteiger partial charge in [0.05, 0.1) is 11.5 Å². The molecule has 18 heavy (non-hydrogen) atoms. The van der Waals surface area contributed by atoms with Crippen molar-refractivity contribution >= 4 is 23.3 Å². The van der Waals surface area contributed by atoms with E-state index in [2.05, 4.69) is 10.1 Å². The summed E-state index contributed by atoms with van der Waals surface area (Å²) in [6.45, 7) is 3.28. The van der Waals surface area contributed by atoms with E-state index in [0.717, 1.165) is 0 Å². The van der Waals surface area contributed by atoms with Gasteiger partial charge in [-0.1, -0.05) is 0 Å². The van der Waals surface area contributed by atoms with Gasteiger partial charge in [-0.05, 0) is 25.5 Å². The number of hydrogen-bond acceptors (Lipinski definition) is 5. The number of aryl methyl sites for hydroxylation is 1. The van der Waals surface area contributed by atoms with Gasteiger partial charge in [0, 0.05) is 17.8 Å². The minimum Gasteiger partial charge on any atom is -0.459 e. The van der Waals surface area contributed by atoms with Crippen molar-refractivity contribution in [1.29, 1.82) is 0 Å². The van der Waals surface area contributed by atoms with Crippen LogP contribution in [0, 0.1) is 17.0 Å². The number of benzene rings is 1. The van der Waals surface area contributed by atoms with E-state index in [9.17, 15) is 19.7 Å². The summed E-state index contributed by atoms with van der Waals surface area (Å²) >= 11 is 0. The van der Waals surface area contributed by atoms with E-state index in [1.165, 1.54) is 18.2 Å². The molecule has 0 saturated heterocycles. The number of nitro groups is 1. The molecular weight excluding hydrogens is 240 g/mol. The fourth-order valence-electron chi connectivity index (χ4n) is 1.27. The van der Waals surface area contributed by atoms with Crippen LogP contribution in [0.15, 0.2) is 18.2 Å². The number of carbonyl (C=O) groups excluding carboxylic acids is 2. The largest absolute Gasteiger partial charge is 0.459 e. The first-order valence-corrected chi connectivity index (χ1v) is 5.18. The summed E-state index contributed by atoms with van der Waals surface area (Å²) < 4.78 is 4.52. The number of anilines is 1. The van der Waals surface area contributed by atoms with Crippen LogP contribution >= 0.6 is 0 Å². The van der Waals surface area contributed by atoms with Crippen LogP contribution in [-0.4, -0.2) is 23.4 Å². The lowest BCUT2D eigenvalue weighted by Crippen LogP contribution is -2.25. The maximum absolute atomic E-state index is 11.4. The molecule has 1 rings (SSSR count).